The maximum absolute atomic E-state index is 13.5. The molecule has 6 heteroatoms. The van der Waals surface area contributed by atoms with E-state index >= 15 is 0 Å². The second kappa shape index (κ2) is 4.73. The van der Waals surface area contributed by atoms with E-state index in [1.54, 1.807) is 6.07 Å². The summed E-state index contributed by atoms with van der Waals surface area (Å²) in [7, 11) is 0. The molecule has 0 saturated carbocycles. The highest BCUT2D eigenvalue weighted by atomic mass is 79.9. The summed E-state index contributed by atoms with van der Waals surface area (Å²) in [5, 5.41) is 0. The molecule has 0 fully saturated rings. The van der Waals surface area contributed by atoms with Crippen molar-refractivity contribution in [2.24, 2.45) is 5.84 Å². The van der Waals surface area contributed by atoms with Gasteiger partial charge in [0.2, 0.25) is 0 Å². The highest BCUT2D eigenvalue weighted by Crippen LogP contribution is 2.28. The number of rotatable bonds is 3. The molecule has 4 nitrogen and oxygen atoms in total. The summed E-state index contributed by atoms with van der Waals surface area (Å²) in [4.78, 5) is 3.95. The van der Waals surface area contributed by atoms with Crippen LogP contribution in [-0.2, 0) is 0 Å². The van der Waals surface area contributed by atoms with Crippen LogP contribution < -0.4 is 11.3 Å². The van der Waals surface area contributed by atoms with Crippen molar-refractivity contribution in [2.45, 2.75) is 6.04 Å². The molecule has 0 aliphatic carbocycles. The van der Waals surface area contributed by atoms with E-state index in [1.807, 2.05) is 0 Å². The Kier molecular flexibility index (Phi) is 3.33. The van der Waals surface area contributed by atoms with Gasteiger partial charge in [-0.3, -0.25) is 10.8 Å². The minimum absolute atomic E-state index is 0.195. The van der Waals surface area contributed by atoms with Gasteiger partial charge in [-0.2, -0.15) is 0 Å². The van der Waals surface area contributed by atoms with Crippen molar-refractivity contribution in [1.29, 1.82) is 0 Å². The zero-order valence-electron chi connectivity index (χ0n) is 8.15. The predicted octanol–water partition coefficient (Wildman–Crippen LogP) is 2.13. The summed E-state index contributed by atoms with van der Waals surface area (Å²) in [6.07, 6.45) is 2.99. The predicted molar refractivity (Wildman–Crippen MR) is 59.8 cm³/mol. The van der Waals surface area contributed by atoms with Crippen LogP contribution in [-0.4, -0.2) is 4.98 Å². The summed E-state index contributed by atoms with van der Waals surface area (Å²) < 4.78 is 19.5. The van der Waals surface area contributed by atoms with E-state index in [-0.39, 0.29) is 5.69 Å². The van der Waals surface area contributed by atoms with Crippen molar-refractivity contribution in [3.8, 4) is 0 Å². The first-order valence-electron chi connectivity index (χ1n) is 4.53. The van der Waals surface area contributed by atoms with E-state index < -0.39 is 11.9 Å². The highest BCUT2D eigenvalue weighted by molar-refractivity contribution is 9.10. The molecule has 2 rings (SSSR count). The lowest BCUT2D eigenvalue weighted by molar-refractivity contribution is 0.432. The Morgan fingerprint density at radius 1 is 1.50 bits per heavy atom. The summed E-state index contributed by atoms with van der Waals surface area (Å²) in [5.74, 6) is 5.45. The second-order valence-corrected chi connectivity index (χ2v) is 3.96. The van der Waals surface area contributed by atoms with Crippen LogP contribution in [0.2, 0.25) is 0 Å². The second-order valence-electron chi connectivity index (χ2n) is 3.10. The number of furan rings is 1. The van der Waals surface area contributed by atoms with Gasteiger partial charge in [-0.25, -0.2) is 9.82 Å². The Morgan fingerprint density at radius 3 is 2.88 bits per heavy atom. The molecule has 1 atom stereocenters. The minimum Gasteiger partial charge on any atom is -0.466 e. The molecule has 0 aliphatic rings. The smallest absolute Gasteiger partial charge is 0.146 e. The molecule has 2 aromatic heterocycles. The van der Waals surface area contributed by atoms with Crippen LogP contribution >= 0.6 is 15.9 Å². The average Bonchev–Trinajstić information content (AvgIpc) is 2.69. The number of halogens is 2. The molecule has 0 radical (unpaired) electrons. The van der Waals surface area contributed by atoms with Crippen LogP contribution in [0, 0.1) is 5.82 Å². The van der Waals surface area contributed by atoms with E-state index in [0.717, 1.165) is 0 Å². The lowest BCUT2D eigenvalue weighted by atomic mass is 10.1. The van der Waals surface area contributed by atoms with Crippen LogP contribution in [0.3, 0.4) is 0 Å². The van der Waals surface area contributed by atoms with Crippen molar-refractivity contribution >= 4 is 15.9 Å². The molecule has 0 aliphatic heterocycles. The van der Waals surface area contributed by atoms with Gasteiger partial charge in [-0.05, 0) is 34.1 Å². The van der Waals surface area contributed by atoms with Crippen LogP contribution in [0.1, 0.15) is 17.5 Å². The van der Waals surface area contributed by atoms with E-state index in [1.165, 1.54) is 24.6 Å². The standard InChI is InChI=1S/C10H9BrFN3O/c11-6-3-5-16-10(6)9(15-13)8-7(12)2-1-4-14-8/h1-5,9,15H,13H2. The third-order valence-corrected chi connectivity index (χ3v) is 2.79. The van der Waals surface area contributed by atoms with Gasteiger partial charge in [-0.1, -0.05) is 0 Å². The molecule has 0 spiro atoms. The molecule has 3 N–H and O–H groups in total. The quantitative estimate of drug-likeness (QED) is 0.670. The summed E-state index contributed by atoms with van der Waals surface area (Å²) >= 11 is 3.29. The molecule has 0 amide bonds. The van der Waals surface area contributed by atoms with Crippen molar-refractivity contribution in [2.75, 3.05) is 0 Å². The first kappa shape index (κ1) is 11.3. The normalized spacial score (nSPS) is 12.7. The van der Waals surface area contributed by atoms with Gasteiger partial charge in [0.1, 0.15) is 23.3 Å². The third-order valence-electron chi connectivity index (χ3n) is 2.13. The van der Waals surface area contributed by atoms with E-state index in [2.05, 4.69) is 26.3 Å². The number of hydrazine groups is 1. The van der Waals surface area contributed by atoms with Crippen LogP contribution in [0.4, 0.5) is 4.39 Å². The van der Waals surface area contributed by atoms with Crippen LogP contribution in [0.5, 0.6) is 0 Å². The first-order valence-corrected chi connectivity index (χ1v) is 5.32. The third kappa shape index (κ3) is 1.99. The summed E-state index contributed by atoms with van der Waals surface area (Å²) in [6, 6.07) is 3.93. The minimum atomic E-state index is -0.620. The molecule has 2 heterocycles. The van der Waals surface area contributed by atoms with E-state index in [9.17, 15) is 4.39 Å². The van der Waals surface area contributed by atoms with Crippen molar-refractivity contribution in [1.82, 2.24) is 10.4 Å². The number of nitrogens with two attached hydrogens (primary N) is 1. The SMILES string of the molecule is NNC(c1ncccc1F)c1occc1Br. The summed E-state index contributed by atoms with van der Waals surface area (Å²) in [5.41, 5.74) is 2.67. The number of aromatic nitrogens is 1. The largest absolute Gasteiger partial charge is 0.466 e. The molecule has 16 heavy (non-hydrogen) atoms. The van der Waals surface area contributed by atoms with Crippen LogP contribution in [0.15, 0.2) is 39.5 Å². The van der Waals surface area contributed by atoms with Crippen LogP contribution in [0.25, 0.3) is 0 Å². The van der Waals surface area contributed by atoms with Crippen molar-refractivity contribution in [3.63, 3.8) is 0 Å². The average molecular weight is 286 g/mol. The maximum atomic E-state index is 13.5. The Morgan fingerprint density at radius 2 is 2.31 bits per heavy atom. The fourth-order valence-electron chi connectivity index (χ4n) is 1.40. The monoisotopic (exact) mass is 285 g/mol. The first-order chi connectivity index (χ1) is 7.74. The van der Waals surface area contributed by atoms with E-state index in [4.69, 9.17) is 10.3 Å². The van der Waals surface area contributed by atoms with Gasteiger partial charge in [0.05, 0.1) is 10.7 Å². The Labute approximate surface area is 99.8 Å². The molecule has 84 valence electrons. The van der Waals surface area contributed by atoms with Gasteiger partial charge in [-0.15, -0.1) is 0 Å². The number of nitrogens with zero attached hydrogens (tertiary/aromatic N) is 1. The van der Waals surface area contributed by atoms with Gasteiger partial charge < -0.3 is 4.42 Å². The molecule has 0 aromatic carbocycles. The van der Waals surface area contributed by atoms with Gasteiger partial charge >= 0.3 is 0 Å². The zero-order valence-corrected chi connectivity index (χ0v) is 9.74. The number of hydrogen-bond donors (Lipinski definition) is 2. The Hall–Kier alpha value is -1.24. The lowest BCUT2D eigenvalue weighted by Crippen LogP contribution is -2.30. The molecule has 0 bridgehead atoms. The number of nitrogens with one attached hydrogen (secondary N) is 1. The Balaban J connectivity index is 2.45. The molecular formula is C10H9BrFN3O. The maximum Gasteiger partial charge on any atom is 0.146 e. The number of pyridine rings is 1. The van der Waals surface area contributed by atoms with Gasteiger partial charge in [0.15, 0.2) is 0 Å². The topological polar surface area (TPSA) is 64.1 Å². The molecule has 0 saturated heterocycles. The van der Waals surface area contributed by atoms with Gasteiger partial charge in [0, 0.05) is 6.20 Å². The molecular weight excluding hydrogens is 277 g/mol. The van der Waals surface area contributed by atoms with E-state index in [0.29, 0.717) is 10.2 Å². The zero-order chi connectivity index (χ0) is 11.5. The summed E-state index contributed by atoms with van der Waals surface area (Å²) in [6.45, 7) is 0. The van der Waals surface area contributed by atoms with Gasteiger partial charge in [0.25, 0.3) is 0 Å². The highest BCUT2D eigenvalue weighted by Gasteiger charge is 2.22. The fraction of sp³-hybridized carbons (Fsp3) is 0.100. The lowest BCUT2D eigenvalue weighted by Gasteiger charge is -2.13. The van der Waals surface area contributed by atoms with Crippen molar-refractivity contribution < 1.29 is 8.81 Å². The molecule has 2 aromatic rings. The number of hydrogen-bond acceptors (Lipinski definition) is 4. The Bertz CT molecular complexity index is 488. The molecule has 1 unspecified atom stereocenters. The van der Waals surface area contributed by atoms with Crippen molar-refractivity contribution in [3.05, 3.63) is 52.4 Å². The fourth-order valence-corrected chi connectivity index (χ4v) is 1.83.